The van der Waals surface area contributed by atoms with Gasteiger partial charge in [0.2, 0.25) is 6.29 Å². The lowest BCUT2D eigenvalue weighted by molar-refractivity contribution is -0.277. The summed E-state index contributed by atoms with van der Waals surface area (Å²) in [7, 11) is 1.57. The van der Waals surface area contributed by atoms with Crippen LogP contribution in [-0.4, -0.2) is 75.7 Å². The monoisotopic (exact) mass is 434 g/mol. The molecule has 1 aromatic rings. The maximum absolute atomic E-state index is 12.8. The molecule has 3 rings (SSSR count). The molecule has 0 radical (unpaired) electrons. The van der Waals surface area contributed by atoms with Gasteiger partial charge in [-0.2, -0.15) is 0 Å². The third-order valence-corrected chi connectivity index (χ3v) is 5.17. The lowest BCUT2D eigenvalue weighted by Gasteiger charge is -2.39. The number of benzene rings is 1. The first-order valence-electron chi connectivity index (χ1n) is 9.79. The molecular formula is C22H26O9. The molecule has 1 saturated heterocycles. The summed E-state index contributed by atoms with van der Waals surface area (Å²) >= 11 is 0. The molecule has 1 fully saturated rings. The van der Waals surface area contributed by atoms with E-state index in [1.165, 1.54) is 24.3 Å². The topological polar surface area (TPSA) is 146 Å². The van der Waals surface area contributed by atoms with E-state index in [2.05, 4.69) is 0 Å². The van der Waals surface area contributed by atoms with Gasteiger partial charge in [-0.25, -0.2) is 0 Å². The number of phenols is 1. The van der Waals surface area contributed by atoms with Crippen molar-refractivity contribution >= 4 is 5.78 Å². The smallest absolute Gasteiger partial charge is 0.229 e. The summed E-state index contributed by atoms with van der Waals surface area (Å²) in [6, 6.07) is 4.15. The standard InChI is InChI=1S/C22H26O9/c1-29-13-8-5-12(6-9-13)7-10-15(25)18-14(24)3-2-4-16(18)30-22-21(28)20(27)19(26)17(11-23)31-22/h2-5,7-10,12,17,19-24,26-28H,6,11H2,1H3/t12?,17-,19-,20+,21-,22-/m1/s1. The molecule has 1 aliphatic carbocycles. The molecule has 9 heteroatoms. The van der Waals surface area contributed by atoms with Gasteiger partial charge in [-0.1, -0.05) is 18.2 Å². The van der Waals surface area contributed by atoms with E-state index in [0.29, 0.717) is 6.42 Å². The molecule has 1 aromatic carbocycles. The number of methoxy groups -OCH3 is 1. The maximum Gasteiger partial charge on any atom is 0.229 e. The molecule has 168 valence electrons. The van der Waals surface area contributed by atoms with Crippen LogP contribution in [-0.2, 0) is 9.47 Å². The summed E-state index contributed by atoms with van der Waals surface area (Å²) in [6.07, 6.45) is 1.78. The first-order chi connectivity index (χ1) is 14.8. The number of carbonyl (C=O) groups excluding carboxylic acids is 1. The van der Waals surface area contributed by atoms with Crippen molar-refractivity contribution in [2.24, 2.45) is 5.92 Å². The first kappa shape index (κ1) is 23.0. The number of allylic oxidation sites excluding steroid dienone is 5. The van der Waals surface area contributed by atoms with Gasteiger partial charge in [0.25, 0.3) is 0 Å². The number of ether oxygens (including phenoxy) is 3. The number of ketones is 1. The van der Waals surface area contributed by atoms with Crippen LogP contribution >= 0.6 is 0 Å². The molecular weight excluding hydrogens is 408 g/mol. The normalized spacial score (nSPS) is 30.8. The highest BCUT2D eigenvalue weighted by molar-refractivity contribution is 6.08. The summed E-state index contributed by atoms with van der Waals surface area (Å²) in [5, 5.41) is 49.5. The van der Waals surface area contributed by atoms with E-state index in [1.54, 1.807) is 19.3 Å². The van der Waals surface area contributed by atoms with Crippen molar-refractivity contribution < 1.29 is 44.5 Å². The molecule has 6 atom stereocenters. The molecule has 1 aliphatic heterocycles. The number of hydrogen-bond donors (Lipinski definition) is 5. The number of aliphatic hydroxyl groups is 4. The zero-order chi connectivity index (χ0) is 22.5. The van der Waals surface area contributed by atoms with E-state index in [1.807, 2.05) is 12.2 Å². The zero-order valence-corrected chi connectivity index (χ0v) is 16.9. The Bertz CT molecular complexity index is 874. The summed E-state index contributed by atoms with van der Waals surface area (Å²) in [6.45, 7) is -0.618. The molecule has 0 amide bonds. The summed E-state index contributed by atoms with van der Waals surface area (Å²) in [4.78, 5) is 12.8. The van der Waals surface area contributed by atoms with Gasteiger partial charge < -0.3 is 39.7 Å². The molecule has 9 nitrogen and oxygen atoms in total. The Kier molecular flexibility index (Phi) is 7.47. The molecule has 5 N–H and O–H groups in total. The number of phenolic OH excluding ortho intramolecular Hbond substituents is 1. The van der Waals surface area contributed by atoms with Gasteiger partial charge in [-0.05, 0) is 42.7 Å². The van der Waals surface area contributed by atoms with Crippen LogP contribution in [0.2, 0.25) is 0 Å². The van der Waals surface area contributed by atoms with Crippen molar-refractivity contribution in [3.63, 3.8) is 0 Å². The predicted octanol–water partition coefficient (Wildman–Crippen LogP) is 0.416. The van der Waals surface area contributed by atoms with E-state index in [9.17, 15) is 30.3 Å². The van der Waals surface area contributed by atoms with Crippen LogP contribution in [0.3, 0.4) is 0 Å². The Morgan fingerprint density at radius 1 is 1.23 bits per heavy atom. The van der Waals surface area contributed by atoms with Gasteiger partial charge in [0.1, 0.15) is 47.2 Å². The molecule has 0 bridgehead atoms. The van der Waals surface area contributed by atoms with E-state index in [0.717, 1.165) is 5.76 Å². The fourth-order valence-electron chi connectivity index (χ4n) is 3.36. The largest absolute Gasteiger partial charge is 0.507 e. The average Bonchev–Trinajstić information content (AvgIpc) is 2.78. The minimum absolute atomic E-state index is 0.0245. The van der Waals surface area contributed by atoms with Gasteiger partial charge in [0.15, 0.2) is 5.78 Å². The number of carbonyl (C=O) groups is 1. The Morgan fingerprint density at radius 3 is 2.65 bits per heavy atom. The van der Waals surface area contributed by atoms with Gasteiger partial charge in [-0.15, -0.1) is 0 Å². The highest BCUT2D eigenvalue weighted by atomic mass is 16.7. The van der Waals surface area contributed by atoms with Gasteiger partial charge >= 0.3 is 0 Å². The Balaban J connectivity index is 1.77. The maximum atomic E-state index is 12.8. The van der Waals surface area contributed by atoms with Crippen LogP contribution in [0.5, 0.6) is 11.5 Å². The van der Waals surface area contributed by atoms with Crippen molar-refractivity contribution in [1.29, 1.82) is 0 Å². The van der Waals surface area contributed by atoms with Crippen molar-refractivity contribution in [2.75, 3.05) is 13.7 Å². The summed E-state index contributed by atoms with van der Waals surface area (Å²) in [5.41, 5.74) is -0.149. The van der Waals surface area contributed by atoms with Crippen molar-refractivity contribution in [2.45, 2.75) is 37.1 Å². The Morgan fingerprint density at radius 2 is 2.00 bits per heavy atom. The van der Waals surface area contributed by atoms with Crippen LogP contribution in [0.1, 0.15) is 16.8 Å². The second-order valence-corrected chi connectivity index (χ2v) is 7.26. The lowest BCUT2D eigenvalue weighted by atomic mass is 9.98. The zero-order valence-electron chi connectivity index (χ0n) is 16.9. The van der Waals surface area contributed by atoms with E-state index < -0.39 is 43.1 Å². The minimum Gasteiger partial charge on any atom is -0.507 e. The third-order valence-electron chi connectivity index (χ3n) is 5.17. The lowest BCUT2D eigenvalue weighted by Crippen LogP contribution is -2.60. The number of hydrogen-bond acceptors (Lipinski definition) is 9. The number of aromatic hydroxyl groups is 1. The van der Waals surface area contributed by atoms with Crippen LogP contribution < -0.4 is 4.74 Å². The second-order valence-electron chi connectivity index (χ2n) is 7.26. The van der Waals surface area contributed by atoms with Crippen molar-refractivity contribution in [3.05, 3.63) is 59.9 Å². The van der Waals surface area contributed by atoms with Crippen LogP contribution in [0.15, 0.2) is 54.3 Å². The van der Waals surface area contributed by atoms with E-state index in [4.69, 9.17) is 14.2 Å². The van der Waals surface area contributed by atoms with Crippen molar-refractivity contribution in [3.8, 4) is 11.5 Å². The quantitative estimate of drug-likeness (QED) is 0.304. The van der Waals surface area contributed by atoms with Crippen LogP contribution in [0.25, 0.3) is 0 Å². The number of aliphatic hydroxyl groups excluding tert-OH is 4. The molecule has 0 aromatic heterocycles. The molecule has 2 aliphatic rings. The average molecular weight is 434 g/mol. The highest BCUT2D eigenvalue weighted by Gasteiger charge is 2.45. The van der Waals surface area contributed by atoms with Crippen LogP contribution in [0.4, 0.5) is 0 Å². The highest BCUT2D eigenvalue weighted by Crippen LogP contribution is 2.32. The fourth-order valence-corrected chi connectivity index (χ4v) is 3.36. The SMILES string of the molecule is COC1=CCC(C=CC(=O)c2c(O)cccc2O[C@@H]2O[C@H](CO)[C@@H](O)[C@H](O)[C@H]2O)C=C1. The molecule has 31 heavy (non-hydrogen) atoms. The van der Waals surface area contributed by atoms with Gasteiger partial charge in [0.05, 0.1) is 13.7 Å². The molecule has 1 heterocycles. The van der Waals surface area contributed by atoms with E-state index in [-0.39, 0.29) is 23.0 Å². The van der Waals surface area contributed by atoms with Crippen LogP contribution in [0, 0.1) is 5.92 Å². The first-order valence-corrected chi connectivity index (χ1v) is 9.79. The van der Waals surface area contributed by atoms with Gasteiger partial charge in [0, 0.05) is 0 Å². The summed E-state index contributed by atoms with van der Waals surface area (Å²) < 4.78 is 16.0. The number of rotatable bonds is 7. The molecule has 0 spiro atoms. The Labute approximate surface area is 179 Å². The molecule has 0 saturated carbocycles. The molecule has 1 unspecified atom stereocenters. The van der Waals surface area contributed by atoms with E-state index >= 15 is 0 Å². The van der Waals surface area contributed by atoms with Gasteiger partial charge in [-0.3, -0.25) is 4.79 Å². The minimum atomic E-state index is -1.65. The van der Waals surface area contributed by atoms with Crippen molar-refractivity contribution in [1.82, 2.24) is 0 Å². The second kappa shape index (κ2) is 10.1. The fraction of sp³-hybridized carbons (Fsp3) is 0.409. The predicted molar refractivity (Wildman–Crippen MR) is 108 cm³/mol. The Hall–Kier alpha value is -2.69. The summed E-state index contributed by atoms with van der Waals surface area (Å²) in [5.74, 6) is -0.236. The third kappa shape index (κ3) is 5.15.